The fourth-order valence-corrected chi connectivity index (χ4v) is 7.46. The van der Waals surface area contributed by atoms with Crippen LogP contribution >= 0.6 is 0 Å². The van der Waals surface area contributed by atoms with Crippen molar-refractivity contribution in [2.75, 3.05) is 13.2 Å². The van der Waals surface area contributed by atoms with Gasteiger partial charge in [-0.2, -0.15) is 0 Å². The van der Waals surface area contributed by atoms with Crippen LogP contribution in [0.2, 0.25) is 0 Å². The Balaban J connectivity index is 4.31. The van der Waals surface area contributed by atoms with Crippen LogP contribution in [-0.2, 0) is 28.6 Å². The Bertz CT molecular complexity index is 854. The van der Waals surface area contributed by atoms with Gasteiger partial charge in [-0.05, 0) is 31.1 Å². The summed E-state index contributed by atoms with van der Waals surface area (Å²) in [5.74, 6) is 0.760. The van der Waals surface area contributed by atoms with E-state index in [-0.39, 0.29) is 31.1 Å². The van der Waals surface area contributed by atoms with E-state index in [1.807, 2.05) is 0 Å². The average molecular weight is 793 g/mol. The van der Waals surface area contributed by atoms with Crippen LogP contribution in [0, 0.1) is 11.8 Å². The Morgan fingerprint density at radius 3 is 0.875 bits per heavy atom. The molecule has 1 atom stereocenters. The van der Waals surface area contributed by atoms with Crippen LogP contribution in [0.1, 0.15) is 272 Å². The van der Waals surface area contributed by atoms with Crippen molar-refractivity contribution < 1.29 is 28.6 Å². The van der Waals surface area contributed by atoms with Crippen LogP contribution in [0.25, 0.3) is 0 Å². The first-order chi connectivity index (χ1) is 27.2. The molecular weight excluding hydrogens is 697 g/mol. The van der Waals surface area contributed by atoms with Gasteiger partial charge in [0.05, 0.1) is 0 Å². The van der Waals surface area contributed by atoms with Gasteiger partial charge in [-0.3, -0.25) is 14.4 Å². The SMILES string of the molecule is CCCCCCCCCCCCCCCC(=O)OC[C@@H](COC(=O)CCCCCCCCCC(C)C)OC(=O)CCCCCCCCCCCCCCC(C)C. The minimum absolute atomic E-state index is 0.0644. The van der Waals surface area contributed by atoms with Gasteiger partial charge in [-0.1, -0.05) is 234 Å². The number of unbranched alkanes of at least 4 members (excludes halogenated alkanes) is 29. The summed E-state index contributed by atoms with van der Waals surface area (Å²) in [7, 11) is 0. The third kappa shape index (κ3) is 43.5. The van der Waals surface area contributed by atoms with Gasteiger partial charge in [0, 0.05) is 19.3 Å². The van der Waals surface area contributed by atoms with E-state index in [1.165, 1.54) is 161 Å². The molecule has 0 aromatic heterocycles. The zero-order chi connectivity index (χ0) is 41.2. The van der Waals surface area contributed by atoms with Crippen molar-refractivity contribution in [2.45, 2.75) is 278 Å². The summed E-state index contributed by atoms with van der Waals surface area (Å²) in [6, 6.07) is 0. The minimum atomic E-state index is -0.761. The van der Waals surface area contributed by atoms with E-state index in [2.05, 4.69) is 34.6 Å². The van der Waals surface area contributed by atoms with Crippen LogP contribution < -0.4 is 0 Å². The summed E-state index contributed by atoms with van der Waals surface area (Å²) < 4.78 is 16.8. The van der Waals surface area contributed by atoms with Gasteiger partial charge in [-0.15, -0.1) is 0 Å². The summed E-state index contributed by atoms with van der Waals surface area (Å²) in [5, 5.41) is 0. The van der Waals surface area contributed by atoms with Gasteiger partial charge in [0.2, 0.25) is 0 Å². The molecule has 0 amide bonds. The van der Waals surface area contributed by atoms with Gasteiger partial charge in [0.15, 0.2) is 6.10 Å². The van der Waals surface area contributed by atoms with E-state index in [1.54, 1.807) is 0 Å². The molecule has 0 bridgehead atoms. The molecule has 0 aliphatic rings. The van der Waals surface area contributed by atoms with Crippen LogP contribution in [0.15, 0.2) is 0 Å². The van der Waals surface area contributed by atoms with E-state index >= 15 is 0 Å². The molecule has 6 nitrogen and oxygen atoms in total. The smallest absolute Gasteiger partial charge is 0.306 e. The Morgan fingerprint density at radius 2 is 0.589 bits per heavy atom. The molecule has 0 saturated heterocycles. The molecule has 6 heteroatoms. The monoisotopic (exact) mass is 793 g/mol. The topological polar surface area (TPSA) is 78.9 Å². The second-order valence-corrected chi connectivity index (χ2v) is 18.1. The van der Waals surface area contributed by atoms with Crippen LogP contribution in [0.5, 0.6) is 0 Å². The predicted molar refractivity (Wildman–Crippen MR) is 238 cm³/mol. The third-order valence-electron chi connectivity index (χ3n) is 11.2. The van der Waals surface area contributed by atoms with E-state index in [0.29, 0.717) is 19.3 Å². The Kier molecular flexibility index (Phi) is 41.8. The molecule has 0 rings (SSSR count). The summed E-state index contributed by atoms with van der Waals surface area (Å²) in [5.41, 5.74) is 0. The molecule has 0 heterocycles. The Hall–Kier alpha value is -1.59. The van der Waals surface area contributed by atoms with Gasteiger partial charge in [0.25, 0.3) is 0 Å². The van der Waals surface area contributed by atoms with Crippen molar-refractivity contribution in [3.8, 4) is 0 Å². The number of hydrogen-bond donors (Lipinski definition) is 0. The van der Waals surface area contributed by atoms with E-state index in [9.17, 15) is 14.4 Å². The van der Waals surface area contributed by atoms with Crippen molar-refractivity contribution in [1.82, 2.24) is 0 Å². The number of carbonyl (C=O) groups excluding carboxylic acids is 3. The summed E-state index contributed by atoms with van der Waals surface area (Å²) in [4.78, 5) is 37.8. The first-order valence-electron chi connectivity index (χ1n) is 24.7. The fraction of sp³-hybridized carbons (Fsp3) is 0.940. The van der Waals surface area contributed by atoms with Crippen molar-refractivity contribution in [3.63, 3.8) is 0 Å². The number of rotatable bonds is 44. The van der Waals surface area contributed by atoms with Crippen molar-refractivity contribution in [1.29, 1.82) is 0 Å². The molecular formula is C50H96O6. The average Bonchev–Trinajstić information content (AvgIpc) is 3.16. The minimum Gasteiger partial charge on any atom is -0.462 e. The predicted octanol–water partition coefficient (Wildman–Crippen LogP) is 15.8. The van der Waals surface area contributed by atoms with Crippen molar-refractivity contribution in [2.24, 2.45) is 11.8 Å². The quantitative estimate of drug-likeness (QED) is 0.0347. The van der Waals surface area contributed by atoms with Crippen LogP contribution in [0.4, 0.5) is 0 Å². The second-order valence-electron chi connectivity index (χ2n) is 18.1. The maximum atomic E-state index is 12.8. The standard InChI is InChI=1S/C50H96O6/c1-6-7-8-9-10-11-12-13-17-20-25-30-35-40-48(51)54-43-47(44-55-49(52)41-36-31-27-22-24-29-34-39-46(4)5)56-50(53)42-37-32-26-21-18-15-14-16-19-23-28-33-38-45(2)3/h45-47H,6-44H2,1-5H3/t47-/m0/s1. The first kappa shape index (κ1) is 54.4. The largest absolute Gasteiger partial charge is 0.462 e. The normalized spacial score (nSPS) is 12.1. The number of esters is 3. The molecule has 0 spiro atoms. The molecule has 0 unspecified atom stereocenters. The molecule has 0 N–H and O–H groups in total. The second kappa shape index (κ2) is 43.0. The lowest BCUT2D eigenvalue weighted by molar-refractivity contribution is -0.167. The third-order valence-corrected chi connectivity index (χ3v) is 11.2. The maximum absolute atomic E-state index is 12.8. The van der Waals surface area contributed by atoms with Gasteiger partial charge in [-0.25, -0.2) is 0 Å². The molecule has 0 aliphatic carbocycles. The van der Waals surface area contributed by atoms with Crippen LogP contribution in [0.3, 0.4) is 0 Å². The van der Waals surface area contributed by atoms with E-state index in [4.69, 9.17) is 14.2 Å². The number of ether oxygens (including phenoxy) is 3. The van der Waals surface area contributed by atoms with Crippen LogP contribution in [-0.4, -0.2) is 37.2 Å². The van der Waals surface area contributed by atoms with Gasteiger partial charge in [0.1, 0.15) is 13.2 Å². The molecule has 0 fully saturated rings. The Labute approximate surface area is 348 Å². The highest BCUT2D eigenvalue weighted by molar-refractivity contribution is 5.71. The first-order valence-corrected chi connectivity index (χ1v) is 24.7. The van der Waals surface area contributed by atoms with Gasteiger partial charge >= 0.3 is 17.9 Å². The summed E-state index contributed by atoms with van der Waals surface area (Å²) in [6.45, 7) is 11.3. The van der Waals surface area contributed by atoms with Gasteiger partial charge < -0.3 is 14.2 Å². The molecule has 0 aliphatic heterocycles. The number of hydrogen-bond acceptors (Lipinski definition) is 6. The number of carbonyl (C=O) groups is 3. The highest BCUT2D eigenvalue weighted by atomic mass is 16.6. The highest BCUT2D eigenvalue weighted by Gasteiger charge is 2.19. The fourth-order valence-electron chi connectivity index (χ4n) is 7.46. The van der Waals surface area contributed by atoms with Crippen molar-refractivity contribution >= 4 is 17.9 Å². The molecule has 56 heavy (non-hydrogen) atoms. The lowest BCUT2D eigenvalue weighted by Gasteiger charge is -2.18. The highest BCUT2D eigenvalue weighted by Crippen LogP contribution is 2.17. The van der Waals surface area contributed by atoms with E-state index < -0.39 is 6.10 Å². The lowest BCUT2D eigenvalue weighted by Crippen LogP contribution is -2.30. The zero-order valence-corrected chi connectivity index (χ0v) is 38.3. The summed E-state index contributed by atoms with van der Waals surface area (Å²) in [6.07, 6.45) is 42.3. The van der Waals surface area contributed by atoms with E-state index in [0.717, 1.165) is 69.6 Å². The molecule has 0 aromatic rings. The Morgan fingerprint density at radius 1 is 0.339 bits per heavy atom. The molecule has 0 saturated carbocycles. The maximum Gasteiger partial charge on any atom is 0.306 e. The lowest BCUT2D eigenvalue weighted by atomic mass is 10.0. The molecule has 0 aromatic carbocycles. The summed E-state index contributed by atoms with van der Waals surface area (Å²) >= 11 is 0. The zero-order valence-electron chi connectivity index (χ0n) is 38.3. The molecule has 332 valence electrons. The van der Waals surface area contributed by atoms with Crippen molar-refractivity contribution in [3.05, 3.63) is 0 Å². The molecule has 0 radical (unpaired) electrons.